The van der Waals surface area contributed by atoms with Crippen LogP contribution in [0.5, 0.6) is 5.88 Å². The van der Waals surface area contributed by atoms with Gasteiger partial charge in [-0.25, -0.2) is 0 Å². The summed E-state index contributed by atoms with van der Waals surface area (Å²) in [4.78, 5) is 0. The molecular formula is C16H19N5O. The Morgan fingerprint density at radius 2 is 2.00 bits per heavy atom. The van der Waals surface area contributed by atoms with Crippen LogP contribution in [-0.4, -0.2) is 26.6 Å². The van der Waals surface area contributed by atoms with Crippen LogP contribution in [0.15, 0.2) is 36.5 Å². The SMILES string of the molecule is CCCCOc1nnnc2c1c(N)cn2Cc1ccccc1. The van der Waals surface area contributed by atoms with Gasteiger partial charge in [0, 0.05) is 12.7 Å². The summed E-state index contributed by atoms with van der Waals surface area (Å²) in [5.41, 5.74) is 8.61. The van der Waals surface area contributed by atoms with Crippen molar-refractivity contribution in [2.24, 2.45) is 0 Å². The van der Waals surface area contributed by atoms with Crippen molar-refractivity contribution in [1.82, 2.24) is 20.0 Å². The summed E-state index contributed by atoms with van der Waals surface area (Å²) in [6.45, 7) is 3.40. The molecular weight excluding hydrogens is 278 g/mol. The zero-order valence-electron chi connectivity index (χ0n) is 12.6. The molecule has 0 radical (unpaired) electrons. The van der Waals surface area contributed by atoms with Gasteiger partial charge in [-0.2, -0.15) is 0 Å². The summed E-state index contributed by atoms with van der Waals surface area (Å²) in [5.74, 6) is 0.461. The molecule has 3 rings (SSSR count). The molecule has 2 N–H and O–H groups in total. The second-order valence-corrected chi connectivity index (χ2v) is 5.19. The van der Waals surface area contributed by atoms with Gasteiger partial charge >= 0.3 is 0 Å². The van der Waals surface area contributed by atoms with Crippen LogP contribution in [0.2, 0.25) is 0 Å². The number of unbranched alkanes of at least 4 members (excludes halogenated alkanes) is 1. The lowest BCUT2D eigenvalue weighted by Gasteiger charge is -2.06. The molecule has 0 aliphatic heterocycles. The van der Waals surface area contributed by atoms with Crippen molar-refractivity contribution in [1.29, 1.82) is 0 Å². The Bertz CT molecular complexity index is 754. The molecule has 1 aromatic carbocycles. The summed E-state index contributed by atoms with van der Waals surface area (Å²) in [5, 5.41) is 12.7. The molecule has 3 aromatic rings. The number of benzene rings is 1. The van der Waals surface area contributed by atoms with Crippen molar-refractivity contribution in [3.05, 3.63) is 42.1 Å². The van der Waals surface area contributed by atoms with Gasteiger partial charge in [0.15, 0.2) is 5.65 Å². The Labute approximate surface area is 128 Å². The van der Waals surface area contributed by atoms with E-state index >= 15 is 0 Å². The summed E-state index contributed by atoms with van der Waals surface area (Å²) in [6, 6.07) is 10.1. The van der Waals surface area contributed by atoms with Crippen molar-refractivity contribution < 1.29 is 4.74 Å². The van der Waals surface area contributed by atoms with Crippen molar-refractivity contribution in [2.75, 3.05) is 12.3 Å². The molecule has 0 saturated heterocycles. The molecule has 6 heteroatoms. The Balaban J connectivity index is 1.94. The van der Waals surface area contributed by atoms with Gasteiger partial charge in [0.05, 0.1) is 12.3 Å². The number of anilines is 1. The van der Waals surface area contributed by atoms with Gasteiger partial charge in [0.1, 0.15) is 5.39 Å². The van der Waals surface area contributed by atoms with E-state index in [9.17, 15) is 0 Å². The van der Waals surface area contributed by atoms with Crippen molar-refractivity contribution in [2.45, 2.75) is 26.3 Å². The van der Waals surface area contributed by atoms with E-state index in [1.54, 1.807) is 0 Å². The van der Waals surface area contributed by atoms with E-state index in [4.69, 9.17) is 10.5 Å². The standard InChI is InChI=1S/C16H19N5O/c1-2-3-9-22-16-14-13(17)11-21(15(14)18-20-19-16)10-12-7-5-4-6-8-12/h4-8,11H,2-3,9-10,17H2,1H3. The Morgan fingerprint density at radius 1 is 1.18 bits per heavy atom. The molecule has 2 aromatic heterocycles. The maximum Gasteiger partial charge on any atom is 0.248 e. The van der Waals surface area contributed by atoms with E-state index in [2.05, 4.69) is 34.5 Å². The minimum atomic E-state index is 0.461. The molecule has 0 spiro atoms. The number of hydrogen-bond acceptors (Lipinski definition) is 5. The van der Waals surface area contributed by atoms with Crippen molar-refractivity contribution in [3.63, 3.8) is 0 Å². The quantitative estimate of drug-likeness (QED) is 0.708. The van der Waals surface area contributed by atoms with Crippen LogP contribution >= 0.6 is 0 Å². The van der Waals surface area contributed by atoms with Gasteiger partial charge in [-0.05, 0) is 17.2 Å². The van der Waals surface area contributed by atoms with Crippen LogP contribution in [0.4, 0.5) is 5.69 Å². The first-order valence-corrected chi connectivity index (χ1v) is 7.44. The lowest BCUT2D eigenvalue weighted by Crippen LogP contribution is -2.04. The monoisotopic (exact) mass is 297 g/mol. The number of fused-ring (bicyclic) bond motifs is 1. The number of hydrogen-bond donors (Lipinski definition) is 1. The number of aromatic nitrogens is 4. The molecule has 0 saturated carbocycles. The largest absolute Gasteiger partial charge is 0.476 e. The van der Waals surface area contributed by atoms with Gasteiger partial charge in [0.2, 0.25) is 5.88 Å². The normalized spacial score (nSPS) is 11.0. The lowest BCUT2D eigenvalue weighted by molar-refractivity contribution is 0.297. The highest BCUT2D eigenvalue weighted by Crippen LogP contribution is 2.29. The fourth-order valence-corrected chi connectivity index (χ4v) is 2.36. The average Bonchev–Trinajstić information content (AvgIpc) is 2.86. The smallest absolute Gasteiger partial charge is 0.248 e. The second-order valence-electron chi connectivity index (χ2n) is 5.19. The van der Waals surface area contributed by atoms with Crippen LogP contribution in [-0.2, 0) is 6.54 Å². The fraction of sp³-hybridized carbons (Fsp3) is 0.312. The number of ether oxygens (including phenoxy) is 1. The van der Waals surface area contributed by atoms with E-state index < -0.39 is 0 Å². The van der Waals surface area contributed by atoms with Gasteiger partial charge in [-0.15, -0.1) is 5.10 Å². The summed E-state index contributed by atoms with van der Waals surface area (Å²) < 4.78 is 7.67. The number of rotatable bonds is 6. The fourth-order valence-electron chi connectivity index (χ4n) is 2.36. The van der Waals surface area contributed by atoms with E-state index in [1.807, 2.05) is 29.0 Å². The Morgan fingerprint density at radius 3 is 2.77 bits per heavy atom. The average molecular weight is 297 g/mol. The van der Waals surface area contributed by atoms with Gasteiger partial charge in [-0.1, -0.05) is 48.8 Å². The summed E-state index contributed by atoms with van der Waals surface area (Å²) >= 11 is 0. The molecule has 6 nitrogen and oxygen atoms in total. The molecule has 0 amide bonds. The molecule has 2 heterocycles. The van der Waals surface area contributed by atoms with E-state index in [-0.39, 0.29) is 0 Å². The lowest BCUT2D eigenvalue weighted by atomic mass is 10.2. The van der Waals surface area contributed by atoms with Crippen LogP contribution in [0.25, 0.3) is 11.0 Å². The second kappa shape index (κ2) is 6.43. The van der Waals surface area contributed by atoms with Crippen molar-refractivity contribution >= 4 is 16.7 Å². The first-order chi connectivity index (χ1) is 10.8. The molecule has 0 fully saturated rings. The third-order valence-corrected chi connectivity index (χ3v) is 3.50. The minimum absolute atomic E-state index is 0.461. The third kappa shape index (κ3) is 2.86. The third-order valence-electron chi connectivity index (χ3n) is 3.50. The molecule has 0 atom stereocenters. The maximum absolute atomic E-state index is 6.13. The first kappa shape index (κ1) is 14.3. The predicted molar refractivity (Wildman–Crippen MR) is 85.7 cm³/mol. The van der Waals surface area contributed by atoms with Gasteiger partial charge in [-0.3, -0.25) is 0 Å². The molecule has 0 bridgehead atoms. The highest BCUT2D eigenvalue weighted by atomic mass is 16.5. The summed E-state index contributed by atoms with van der Waals surface area (Å²) in [7, 11) is 0. The van der Waals surface area contributed by atoms with E-state index in [0.717, 1.165) is 18.2 Å². The highest BCUT2D eigenvalue weighted by Gasteiger charge is 2.15. The highest BCUT2D eigenvalue weighted by molar-refractivity contribution is 5.93. The zero-order chi connectivity index (χ0) is 15.4. The van der Waals surface area contributed by atoms with E-state index in [0.29, 0.717) is 30.4 Å². The molecule has 114 valence electrons. The van der Waals surface area contributed by atoms with Crippen molar-refractivity contribution in [3.8, 4) is 5.88 Å². The predicted octanol–water partition coefficient (Wildman–Crippen LogP) is 2.64. The molecule has 0 unspecified atom stereocenters. The maximum atomic E-state index is 6.13. The van der Waals surface area contributed by atoms with Gasteiger partial charge < -0.3 is 15.0 Å². The van der Waals surface area contributed by atoms with Crippen LogP contribution in [0.3, 0.4) is 0 Å². The topological polar surface area (TPSA) is 78.8 Å². The Hall–Kier alpha value is -2.63. The van der Waals surface area contributed by atoms with Crippen LogP contribution in [0.1, 0.15) is 25.3 Å². The molecule has 0 aliphatic carbocycles. The van der Waals surface area contributed by atoms with Gasteiger partial charge in [0.25, 0.3) is 0 Å². The van der Waals surface area contributed by atoms with Crippen LogP contribution in [0, 0.1) is 0 Å². The zero-order valence-corrected chi connectivity index (χ0v) is 12.6. The first-order valence-electron chi connectivity index (χ1n) is 7.44. The Kier molecular flexibility index (Phi) is 4.18. The minimum Gasteiger partial charge on any atom is -0.476 e. The molecule has 22 heavy (non-hydrogen) atoms. The summed E-state index contributed by atoms with van der Waals surface area (Å²) in [6.07, 6.45) is 3.89. The number of nitrogen functional groups attached to an aromatic ring is 1. The number of nitrogens with two attached hydrogens (primary N) is 1. The van der Waals surface area contributed by atoms with E-state index in [1.165, 1.54) is 5.56 Å². The van der Waals surface area contributed by atoms with Crippen LogP contribution < -0.4 is 10.5 Å². The number of nitrogens with zero attached hydrogens (tertiary/aromatic N) is 4. The molecule has 0 aliphatic rings.